The van der Waals surface area contributed by atoms with Crippen LogP contribution in [-0.4, -0.2) is 35.2 Å². The number of nitrogens with zero attached hydrogens (tertiary/aromatic N) is 1. The Kier molecular flexibility index (Phi) is 3.36. The first-order valence-corrected chi connectivity index (χ1v) is 6.49. The molecule has 2 heteroatoms. The molecule has 15 heavy (non-hydrogen) atoms. The van der Waals surface area contributed by atoms with Crippen LogP contribution in [0.3, 0.4) is 0 Å². The fraction of sp³-hybridized carbons (Fsp3) is 1.00. The number of hydrogen-bond donors (Lipinski definition) is 1. The second-order valence-electron chi connectivity index (χ2n) is 6.21. The van der Waals surface area contributed by atoms with Crippen LogP contribution in [-0.2, 0) is 0 Å². The van der Waals surface area contributed by atoms with Gasteiger partial charge in [-0.15, -0.1) is 0 Å². The van der Waals surface area contributed by atoms with Crippen molar-refractivity contribution >= 4 is 0 Å². The first-order chi connectivity index (χ1) is 7.07. The Balaban J connectivity index is 1.92. The van der Waals surface area contributed by atoms with E-state index in [4.69, 9.17) is 0 Å². The minimum absolute atomic E-state index is 0.0335. The molecule has 0 aromatic carbocycles. The highest BCUT2D eigenvalue weighted by Crippen LogP contribution is 2.33. The molecule has 2 aliphatic rings. The highest BCUT2D eigenvalue weighted by atomic mass is 16.3. The lowest BCUT2D eigenvalue weighted by Gasteiger charge is -2.44. The summed E-state index contributed by atoms with van der Waals surface area (Å²) in [4.78, 5) is 2.63. The average Bonchev–Trinajstić information content (AvgIpc) is 2.16. The van der Waals surface area contributed by atoms with Gasteiger partial charge in [0.05, 0.1) is 6.10 Å². The third-order valence-corrected chi connectivity index (χ3v) is 4.07. The number of likely N-dealkylation sites (tertiary alicyclic amines) is 1. The molecule has 2 atom stereocenters. The summed E-state index contributed by atoms with van der Waals surface area (Å²) >= 11 is 0. The van der Waals surface area contributed by atoms with Gasteiger partial charge >= 0.3 is 0 Å². The fourth-order valence-electron chi connectivity index (χ4n) is 3.25. The second kappa shape index (κ2) is 4.42. The molecule has 0 spiro atoms. The summed E-state index contributed by atoms with van der Waals surface area (Å²) in [5.41, 5.74) is 0.487. The van der Waals surface area contributed by atoms with E-state index in [1.165, 1.54) is 38.8 Å². The lowest BCUT2D eigenvalue weighted by molar-refractivity contribution is 0.0219. The summed E-state index contributed by atoms with van der Waals surface area (Å²) in [7, 11) is 0. The summed E-state index contributed by atoms with van der Waals surface area (Å²) in [6.07, 6.45) is 7.20. The van der Waals surface area contributed by atoms with E-state index in [2.05, 4.69) is 18.7 Å². The van der Waals surface area contributed by atoms with Crippen LogP contribution in [0.4, 0.5) is 0 Å². The van der Waals surface area contributed by atoms with Crippen molar-refractivity contribution in [2.45, 2.75) is 64.5 Å². The number of hydrogen-bond acceptors (Lipinski definition) is 2. The zero-order valence-corrected chi connectivity index (χ0v) is 10.2. The Morgan fingerprint density at radius 1 is 1.20 bits per heavy atom. The molecule has 1 aliphatic heterocycles. The minimum atomic E-state index is -0.0335. The van der Waals surface area contributed by atoms with Crippen molar-refractivity contribution in [3.63, 3.8) is 0 Å². The third kappa shape index (κ3) is 2.94. The first kappa shape index (κ1) is 11.4. The molecule has 0 radical (unpaired) electrons. The van der Waals surface area contributed by atoms with Crippen LogP contribution in [0.25, 0.3) is 0 Å². The SMILES string of the molecule is CC1(C)CCCN(C2CCCC(O)C2)C1. The van der Waals surface area contributed by atoms with Crippen molar-refractivity contribution in [3.05, 3.63) is 0 Å². The van der Waals surface area contributed by atoms with Gasteiger partial charge in [0.1, 0.15) is 0 Å². The molecule has 0 aromatic rings. The van der Waals surface area contributed by atoms with Crippen molar-refractivity contribution in [2.75, 3.05) is 13.1 Å². The predicted octanol–water partition coefficient (Wildman–Crippen LogP) is 2.41. The maximum Gasteiger partial charge on any atom is 0.0555 e. The molecule has 0 amide bonds. The summed E-state index contributed by atoms with van der Waals surface area (Å²) in [5.74, 6) is 0. The predicted molar refractivity (Wildman–Crippen MR) is 62.9 cm³/mol. The van der Waals surface area contributed by atoms with E-state index in [0.29, 0.717) is 11.5 Å². The van der Waals surface area contributed by atoms with Crippen LogP contribution in [0.2, 0.25) is 0 Å². The molecule has 0 aromatic heterocycles. The van der Waals surface area contributed by atoms with E-state index in [0.717, 1.165) is 12.8 Å². The Bertz CT molecular complexity index is 215. The number of aliphatic hydroxyl groups is 1. The van der Waals surface area contributed by atoms with E-state index in [1.54, 1.807) is 0 Å². The van der Waals surface area contributed by atoms with Gasteiger partial charge in [-0.25, -0.2) is 0 Å². The average molecular weight is 211 g/mol. The quantitative estimate of drug-likeness (QED) is 0.720. The Labute approximate surface area is 93.7 Å². The Morgan fingerprint density at radius 3 is 2.67 bits per heavy atom. The van der Waals surface area contributed by atoms with Crippen LogP contribution in [0.5, 0.6) is 0 Å². The third-order valence-electron chi connectivity index (χ3n) is 4.07. The van der Waals surface area contributed by atoms with Gasteiger partial charge in [0, 0.05) is 12.6 Å². The van der Waals surface area contributed by atoms with Gasteiger partial charge in [-0.3, -0.25) is 4.90 Å². The summed E-state index contributed by atoms with van der Waals surface area (Å²) in [6.45, 7) is 7.22. The molecular weight excluding hydrogens is 186 g/mol. The van der Waals surface area contributed by atoms with Crippen molar-refractivity contribution in [3.8, 4) is 0 Å². The smallest absolute Gasteiger partial charge is 0.0555 e. The molecular formula is C13H25NO. The van der Waals surface area contributed by atoms with Crippen LogP contribution in [0.15, 0.2) is 0 Å². The van der Waals surface area contributed by atoms with E-state index >= 15 is 0 Å². The van der Waals surface area contributed by atoms with Crippen LogP contribution in [0.1, 0.15) is 52.4 Å². The minimum Gasteiger partial charge on any atom is -0.393 e. The largest absolute Gasteiger partial charge is 0.393 e. The molecule has 1 aliphatic carbocycles. The monoisotopic (exact) mass is 211 g/mol. The standard InChI is InChI=1S/C13H25NO/c1-13(2)7-4-8-14(10-13)11-5-3-6-12(15)9-11/h11-12,15H,3-10H2,1-2H3. The highest BCUT2D eigenvalue weighted by molar-refractivity contribution is 4.86. The molecule has 1 saturated carbocycles. The van der Waals surface area contributed by atoms with Gasteiger partial charge < -0.3 is 5.11 Å². The molecule has 2 unspecified atom stereocenters. The molecule has 2 rings (SSSR count). The summed E-state index contributed by atoms with van der Waals surface area (Å²) < 4.78 is 0. The zero-order chi connectivity index (χ0) is 10.9. The van der Waals surface area contributed by atoms with Crippen molar-refractivity contribution in [1.29, 1.82) is 0 Å². The van der Waals surface area contributed by atoms with E-state index in [-0.39, 0.29) is 6.10 Å². The molecule has 2 fully saturated rings. The summed E-state index contributed by atoms with van der Waals surface area (Å²) in [5, 5.41) is 9.71. The normalized spacial score (nSPS) is 37.8. The van der Waals surface area contributed by atoms with Gasteiger partial charge in [0.2, 0.25) is 0 Å². The lowest BCUT2D eigenvalue weighted by atomic mass is 9.82. The molecule has 1 N–H and O–H groups in total. The first-order valence-electron chi connectivity index (χ1n) is 6.49. The lowest BCUT2D eigenvalue weighted by Crippen LogP contribution is -2.48. The molecule has 2 nitrogen and oxygen atoms in total. The molecule has 1 heterocycles. The zero-order valence-electron chi connectivity index (χ0n) is 10.2. The van der Waals surface area contributed by atoms with Crippen LogP contribution >= 0.6 is 0 Å². The topological polar surface area (TPSA) is 23.5 Å². The van der Waals surface area contributed by atoms with Gasteiger partial charge in [-0.05, 0) is 50.5 Å². The fourth-order valence-corrected chi connectivity index (χ4v) is 3.25. The Hall–Kier alpha value is -0.0800. The number of rotatable bonds is 1. The molecule has 88 valence electrons. The van der Waals surface area contributed by atoms with E-state index in [9.17, 15) is 5.11 Å². The molecule has 0 bridgehead atoms. The number of aliphatic hydroxyl groups excluding tert-OH is 1. The van der Waals surface area contributed by atoms with E-state index < -0.39 is 0 Å². The second-order valence-corrected chi connectivity index (χ2v) is 6.21. The van der Waals surface area contributed by atoms with Crippen LogP contribution in [0, 0.1) is 5.41 Å². The van der Waals surface area contributed by atoms with Gasteiger partial charge in [0.15, 0.2) is 0 Å². The van der Waals surface area contributed by atoms with E-state index in [1.807, 2.05) is 0 Å². The van der Waals surface area contributed by atoms with Crippen molar-refractivity contribution in [1.82, 2.24) is 4.90 Å². The number of piperidine rings is 1. The van der Waals surface area contributed by atoms with Crippen molar-refractivity contribution in [2.24, 2.45) is 5.41 Å². The maximum atomic E-state index is 9.71. The highest BCUT2D eigenvalue weighted by Gasteiger charge is 2.32. The van der Waals surface area contributed by atoms with Crippen LogP contribution < -0.4 is 0 Å². The molecule has 1 saturated heterocycles. The summed E-state index contributed by atoms with van der Waals surface area (Å²) in [6, 6.07) is 0.660. The Morgan fingerprint density at radius 2 is 2.00 bits per heavy atom. The van der Waals surface area contributed by atoms with Crippen molar-refractivity contribution < 1.29 is 5.11 Å². The van der Waals surface area contributed by atoms with Gasteiger partial charge in [0.25, 0.3) is 0 Å². The maximum absolute atomic E-state index is 9.71. The van der Waals surface area contributed by atoms with Gasteiger partial charge in [-0.2, -0.15) is 0 Å². The van der Waals surface area contributed by atoms with Gasteiger partial charge in [-0.1, -0.05) is 13.8 Å².